The minimum Gasteiger partial charge on any atom is -0.301 e. The van der Waals surface area contributed by atoms with Crippen molar-refractivity contribution in [2.24, 2.45) is 0 Å². The Morgan fingerprint density at radius 1 is 1.62 bits per heavy atom. The van der Waals surface area contributed by atoms with Gasteiger partial charge in [0.1, 0.15) is 5.82 Å². The van der Waals surface area contributed by atoms with E-state index in [1.165, 1.54) is 18.5 Å². The molecule has 0 atom stereocenters. The smallest absolute Gasteiger partial charge is 0.223 e. The maximum absolute atomic E-state index is 10.7. The summed E-state index contributed by atoms with van der Waals surface area (Å²) in [5.41, 5.74) is 0. The van der Waals surface area contributed by atoms with Gasteiger partial charge in [0.25, 0.3) is 0 Å². The maximum Gasteiger partial charge on any atom is 0.223 e. The number of hydrogen-bond acceptors (Lipinski definition) is 4. The summed E-state index contributed by atoms with van der Waals surface area (Å²) >= 11 is 1.24. The van der Waals surface area contributed by atoms with E-state index in [0.29, 0.717) is 5.13 Å². The van der Waals surface area contributed by atoms with Crippen LogP contribution in [-0.4, -0.2) is 15.3 Å². The highest BCUT2D eigenvalue weighted by molar-refractivity contribution is 7.09. The molecule has 1 aromatic rings. The minimum absolute atomic E-state index is 0.0989. The molecule has 1 aromatic heterocycles. The largest absolute Gasteiger partial charge is 0.301 e. The van der Waals surface area contributed by atoms with Gasteiger partial charge in [-0.1, -0.05) is 13.3 Å². The third kappa shape index (κ3) is 3.50. The van der Waals surface area contributed by atoms with Gasteiger partial charge in [0.2, 0.25) is 11.0 Å². The van der Waals surface area contributed by atoms with Gasteiger partial charge in [-0.2, -0.15) is 4.37 Å². The lowest BCUT2D eigenvalue weighted by Gasteiger charge is -1.92. The molecule has 0 spiro atoms. The third-order valence-corrected chi connectivity index (χ3v) is 2.17. The number of hydrogen-bond donors (Lipinski definition) is 1. The molecule has 0 aliphatic heterocycles. The second-order valence-electron chi connectivity index (χ2n) is 2.80. The molecule has 5 heteroatoms. The predicted molar refractivity (Wildman–Crippen MR) is 52.8 cm³/mol. The van der Waals surface area contributed by atoms with E-state index in [1.807, 2.05) is 0 Å². The molecule has 1 N–H and O–H groups in total. The van der Waals surface area contributed by atoms with Crippen LogP contribution in [0, 0.1) is 0 Å². The van der Waals surface area contributed by atoms with Crippen molar-refractivity contribution in [3.8, 4) is 0 Å². The van der Waals surface area contributed by atoms with Crippen LogP contribution in [0.4, 0.5) is 5.13 Å². The van der Waals surface area contributed by atoms with Crippen molar-refractivity contribution in [2.75, 3.05) is 5.32 Å². The second kappa shape index (κ2) is 4.91. The van der Waals surface area contributed by atoms with E-state index in [0.717, 1.165) is 25.1 Å². The lowest BCUT2D eigenvalue weighted by molar-refractivity contribution is -0.114. The number of carbonyl (C=O) groups is 1. The van der Waals surface area contributed by atoms with E-state index in [9.17, 15) is 4.79 Å². The summed E-state index contributed by atoms with van der Waals surface area (Å²) in [4.78, 5) is 14.8. The normalized spacial score (nSPS) is 10.0. The lowest BCUT2D eigenvalue weighted by Crippen LogP contribution is -2.05. The molecule has 0 aliphatic carbocycles. The average Bonchev–Trinajstić information content (AvgIpc) is 2.48. The fraction of sp³-hybridized carbons (Fsp3) is 0.625. The van der Waals surface area contributed by atoms with Crippen molar-refractivity contribution in [3.63, 3.8) is 0 Å². The number of rotatable bonds is 4. The lowest BCUT2D eigenvalue weighted by atomic mass is 10.2. The van der Waals surface area contributed by atoms with Crippen LogP contribution >= 0.6 is 11.5 Å². The molecule has 0 saturated carbocycles. The quantitative estimate of drug-likeness (QED) is 0.805. The summed E-state index contributed by atoms with van der Waals surface area (Å²) in [7, 11) is 0. The van der Waals surface area contributed by atoms with E-state index in [-0.39, 0.29) is 5.91 Å². The third-order valence-electron chi connectivity index (χ3n) is 1.50. The summed E-state index contributed by atoms with van der Waals surface area (Å²) in [6.07, 6.45) is 3.12. The average molecular weight is 199 g/mol. The number of unbranched alkanes of at least 4 members (excludes halogenated alkanes) is 1. The summed E-state index contributed by atoms with van der Waals surface area (Å²) in [5, 5.41) is 3.20. The molecule has 1 rings (SSSR count). The van der Waals surface area contributed by atoms with Crippen molar-refractivity contribution in [1.82, 2.24) is 9.36 Å². The van der Waals surface area contributed by atoms with Crippen molar-refractivity contribution >= 4 is 22.6 Å². The van der Waals surface area contributed by atoms with Crippen LogP contribution in [-0.2, 0) is 11.2 Å². The molecule has 0 aliphatic rings. The Hall–Kier alpha value is -0.970. The number of amides is 1. The van der Waals surface area contributed by atoms with Crippen LogP contribution in [0.3, 0.4) is 0 Å². The van der Waals surface area contributed by atoms with Gasteiger partial charge >= 0.3 is 0 Å². The molecule has 1 amide bonds. The SMILES string of the molecule is CCCCc1nsc(NC(C)=O)n1. The maximum atomic E-state index is 10.7. The fourth-order valence-electron chi connectivity index (χ4n) is 0.892. The van der Waals surface area contributed by atoms with Gasteiger partial charge in [-0.25, -0.2) is 4.98 Å². The summed E-state index contributed by atoms with van der Waals surface area (Å²) in [6.45, 7) is 3.59. The Labute approximate surface area is 81.6 Å². The molecule has 1 heterocycles. The standard InChI is InChI=1S/C8H13N3OS/c1-3-4-5-7-10-8(13-11-7)9-6(2)12/h3-5H2,1-2H3,(H,9,10,11,12). The van der Waals surface area contributed by atoms with Crippen LogP contribution in [0.5, 0.6) is 0 Å². The van der Waals surface area contributed by atoms with Crippen LogP contribution in [0.2, 0.25) is 0 Å². The molecule has 0 radical (unpaired) electrons. The van der Waals surface area contributed by atoms with E-state index < -0.39 is 0 Å². The van der Waals surface area contributed by atoms with Crippen molar-refractivity contribution < 1.29 is 4.79 Å². The highest BCUT2D eigenvalue weighted by Crippen LogP contribution is 2.12. The van der Waals surface area contributed by atoms with Crippen LogP contribution in [0.25, 0.3) is 0 Å². The highest BCUT2D eigenvalue weighted by Gasteiger charge is 2.03. The fourth-order valence-corrected chi connectivity index (χ4v) is 1.55. The summed E-state index contributed by atoms with van der Waals surface area (Å²) in [5.74, 6) is 0.730. The van der Waals surface area contributed by atoms with Gasteiger partial charge in [-0.05, 0) is 6.42 Å². The van der Waals surface area contributed by atoms with Crippen LogP contribution in [0.1, 0.15) is 32.5 Å². The van der Waals surface area contributed by atoms with Crippen molar-refractivity contribution in [3.05, 3.63) is 5.82 Å². The second-order valence-corrected chi connectivity index (χ2v) is 3.55. The van der Waals surface area contributed by atoms with Gasteiger partial charge in [-0.15, -0.1) is 0 Å². The Bertz CT molecular complexity index is 285. The Morgan fingerprint density at radius 2 is 2.38 bits per heavy atom. The molecule has 0 saturated heterocycles. The molecular formula is C8H13N3OS. The topological polar surface area (TPSA) is 54.9 Å². The first-order valence-electron chi connectivity index (χ1n) is 4.32. The van der Waals surface area contributed by atoms with Gasteiger partial charge in [0.05, 0.1) is 0 Å². The van der Waals surface area contributed by atoms with Crippen LogP contribution in [0.15, 0.2) is 0 Å². The van der Waals surface area contributed by atoms with Crippen molar-refractivity contribution in [2.45, 2.75) is 33.1 Å². The molecule has 0 fully saturated rings. The number of aromatic nitrogens is 2. The Morgan fingerprint density at radius 3 is 3.00 bits per heavy atom. The predicted octanol–water partition coefficient (Wildman–Crippen LogP) is 1.84. The minimum atomic E-state index is -0.0989. The molecule has 13 heavy (non-hydrogen) atoms. The number of nitrogens with zero attached hydrogens (tertiary/aromatic N) is 2. The molecule has 0 unspecified atom stereocenters. The number of aryl methyl sites for hydroxylation is 1. The zero-order valence-corrected chi connectivity index (χ0v) is 8.65. The Kier molecular flexibility index (Phi) is 3.82. The monoisotopic (exact) mass is 199 g/mol. The van der Waals surface area contributed by atoms with Gasteiger partial charge in [0.15, 0.2) is 0 Å². The van der Waals surface area contributed by atoms with Gasteiger partial charge < -0.3 is 5.32 Å². The zero-order valence-electron chi connectivity index (χ0n) is 7.83. The first-order valence-corrected chi connectivity index (χ1v) is 5.10. The van der Waals surface area contributed by atoms with E-state index in [1.54, 1.807) is 0 Å². The molecule has 0 bridgehead atoms. The first-order chi connectivity index (χ1) is 6.22. The molecule has 72 valence electrons. The van der Waals surface area contributed by atoms with Gasteiger partial charge in [0, 0.05) is 24.9 Å². The number of carbonyl (C=O) groups excluding carboxylic acids is 1. The summed E-state index contributed by atoms with van der Waals surface area (Å²) < 4.78 is 4.12. The molecule has 4 nitrogen and oxygen atoms in total. The van der Waals surface area contributed by atoms with Crippen molar-refractivity contribution in [1.29, 1.82) is 0 Å². The molecule has 0 aromatic carbocycles. The summed E-state index contributed by atoms with van der Waals surface area (Å²) in [6, 6.07) is 0. The number of nitrogens with one attached hydrogen (secondary N) is 1. The molecular weight excluding hydrogens is 186 g/mol. The van der Waals surface area contributed by atoms with E-state index in [4.69, 9.17) is 0 Å². The highest BCUT2D eigenvalue weighted by atomic mass is 32.1. The number of anilines is 1. The first kappa shape index (κ1) is 10.1. The Balaban J connectivity index is 2.48. The van der Waals surface area contributed by atoms with Gasteiger partial charge in [-0.3, -0.25) is 4.79 Å². The van der Waals surface area contributed by atoms with E-state index in [2.05, 4.69) is 21.6 Å². The van der Waals surface area contributed by atoms with E-state index >= 15 is 0 Å². The van der Waals surface area contributed by atoms with Crippen LogP contribution < -0.4 is 5.32 Å². The zero-order chi connectivity index (χ0) is 9.68.